The van der Waals surface area contributed by atoms with Gasteiger partial charge in [-0.05, 0) is 24.3 Å². The Kier molecular flexibility index (Phi) is 2.59. The van der Waals surface area contributed by atoms with E-state index in [0.717, 1.165) is 0 Å². The van der Waals surface area contributed by atoms with Crippen molar-refractivity contribution in [1.29, 1.82) is 0 Å². The summed E-state index contributed by atoms with van der Waals surface area (Å²) in [6, 6.07) is 6.57. The first-order chi connectivity index (χ1) is 7.49. The van der Waals surface area contributed by atoms with E-state index in [2.05, 4.69) is 0 Å². The number of cyclic esters (lactones) is 2. The zero-order valence-electron chi connectivity index (χ0n) is 8.53. The summed E-state index contributed by atoms with van der Waals surface area (Å²) in [6.07, 6.45) is -0.344. The molecule has 1 aromatic carbocycles. The molecule has 0 aliphatic carbocycles. The van der Waals surface area contributed by atoms with Gasteiger partial charge in [-0.1, -0.05) is 11.6 Å². The van der Waals surface area contributed by atoms with Gasteiger partial charge in [-0.15, -0.1) is 0 Å². The van der Waals surface area contributed by atoms with Gasteiger partial charge in [-0.3, -0.25) is 9.59 Å². The van der Waals surface area contributed by atoms with Crippen LogP contribution in [0.25, 0.3) is 0 Å². The highest BCUT2D eigenvalue weighted by Crippen LogP contribution is 2.31. The van der Waals surface area contributed by atoms with Gasteiger partial charge >= 0.3 is 11.9 Å². The van der Waals surface area contributed by atoms with Crippen molar-refractivity contribution in [3.05, 3.63) is 34.9 Å². The molecule has 0 radical (unpaired) electrons. The number of hydrogen-bond acceptors (Lipinski definition) is 4. The van der Waals surface area contributed by atoms with Gasteiger partial charge in [-0.25, -0.2) is 0 Å². The molecule has 1 aliphatic heterocycles. The highest BCUT2D eigenvalue weighted by atomic mass is 35.5. The van der Waals surface area contributed by atoms with Crippen LogP contribution in [0.2, 0.25) is 5.02 Å². The molecule has 0 amide bonds. The number of benzene rings is 1. The van der Waals surface area contributed by atoms with Crippen LogP contribution in [0, 0.1) is 0 Å². The van der Waals surface area contributed by atoms with E-state index in [0.29, 0.717) is 10.6 Å². The molecule has 1 saturated heterocycles. The van der Waals surface area contributed by atoms with Crippen molar-refractivity contribution in [1.82, 2.24) is 0 Å². The molecule has 16 heavy (non-hydrogen) atoms. The molecule has 1 aromatic rings. The summed E-state index contributed by atoms with van der Waals surface area (Å²) in [4.78, 5) is 22.4. The molecule has 0 N–H and O–H groups in total. The van der Waals surface area contributed by atoms with Gasteiger partial charge in [0, 0.05) is 17.5 Å². The Bertz CT molecular complexity index is 422. The Balaban J connectivity index is 2.33. The van der Waals surface area contributed by atoms with Crippen LogP contribution in [0.3, 0.4) is 0 Å². The molecule has 0 spiro atoms. The fourth-order valence-corrected chi connectivity index (χ4v) is 1.64. The number of carbonyl (C=O) groups is 2. The summed E-state index contributed by atoms with van der Waals surface area (Å²) in [7, 11) is 0. The standard InChI is InChI=1S/C11H9ClO4/c1-11(7-2-4-8(12)5-3-7)15-9(13)6-10(14)16-11/h2-5H,6H2,1H3. The average Bonchev–Trinajstić information content (AvgIpc) is 2.16. The van der Waals surface area contributed by atoms with E-state index < -0.39 is 17.7 Å². The number of hydrogen-bond donors (Lipinski definition) is 0. The maximum atomic E-state index is 11.2. The second-order valence-electron chi connectivity index (χ2n) is 3.58. The number of halogens is 1. The first kappa shape index (κ1) is 11.0. The number of esters is 2. The van der Waals surface area contributed by atoms with Crippen LogP contribution < -0.4 is 0 Å². The molecule has 0 saturated carbocycles. The van der Waals surface area contributed by atoms with Crippen LogP contribution in [0.4, 0.5) is 0 Å². The normalized spacial score (nSPS) is 18.9. The summed E-state index contributed by atoms with van der Waals surface area (Å²) in [5, 5.41) is 0.556. The average molecular weight is 241 g/mol. The molecule has 1 aliphatic rings. The van der Waals surface area contributed by atoms with Gasteiger partial charge in [0.2, 0.25) is 0 Å². The van der Waals surface area contributed by atoms with Crippen molar-refractivity contribution in [3.8, 4) is 0 Å². The van der Waals surface area contributed by atoms with Crippen molar-refractivity contribution in [2.75, 3.05) is 0 Å². The van der Waals surface area contributed by atoms with Crippen LogP contribution >= 0.6 is 11.6 Å². The smallest absolute Gasteiger partial charge is 0.320 e. The van der Waals surface area contributed by atoms with E-state index in [1.807, 2.05) is 0 Å². The van der Waals surface area contributed by atoms with Gasteiger partial charge in [0.05, 0.1) is 0 Å². The largest absolute Gasteiger partial charge is 0.418 e. The number of ether oxygens (including phenoxy) is 2. The van der Waals surface area contributed by atoms with Crippen LogP contribution in [0.5, 0.6) is 0 Å². The quantitative estimate of drug-likeness (QED) is 0.557. The fraction of sp³-hybridized carbons (Fsp3) is 0.273. The summed E-state index contributed by atoms with van der Waals surface area (Å²) in [6.45, 7) is 1.52. The van der Waals surface area contributed by atoms with Crippen LogP contribution in [0.1, 0.15) is 18.9 Å². The predicted molar refractivity (Wildman–Crippen MR) is 55.6 cm³/mol. The summed E-state index contributed by atoms with van der Waals surface area (Å²) in [5.74, 6) is -2.53. The van der Waals surface area contributed by atoms with E-state index in [9.17, 15) is 9.59 Å². The Morgan fingerprint density at radius 2 is 1.62 bits per heavy atom. The lowest BCUT2D eigenvalue weighted by molar-refractivity contribution is -0.242. The topological polar surface area (TPSA) is 52.6 Å². The van der Waals surface area contributed by atoms with Gasteiger partial charge in [0.25, 0.3) is 5.79 Å². The summed E-state index contributed by atoms with van der Waals surface area (Å²) in [5.41, 5.74) is 0.568. The van der Waals surface area contributed by atoms with Crippen molar-refractivity contribution in [2.45, 2.75) is 19.1 Å². The minimum absolute atomic E-state index is 0.344. The second-order valence-corrected chi connectivity index (χ2v) is 4.01. The van der Waals surface area contributed by atoms with Gasteiger partial charge in [0.15, 0.2) is 0 Å². The lowest BCUT2D eigenvalue weighted by atomic mass is 10.1. The SMILES string of the molecule is CC1(c2ccc(Cl)cc2)OC(=O)CC(=O)O1. The molecular weight excluding hydrogens is 232 g/mol. The Labute approximate surface area is 97.1 Å². The summed E-state index contributed by atoms with van der Waals surface area (Å²) < 4.78 is 10.1. The molecule has 84 valence electrons. The van der Waals surface area contributed by atoms with E-state index in [1.54, 1.807) is 24.3 Å². The Morgan fingerprint density at radius 3 is 2.12 bits per heavy atom. The minimum Gasteiger partial charge on any atom is -0.418 e. The molecule has 0 unspecified atom stereocenters. The fourth-order valence-electron chi connectivity index (χ4n) is 1.52. The number of carbonyl (C=O) groups excluding carboxylic acids is 2. The molecule has 4 nitrogen and oxygen atoms in total. The Morgan fingerprint density at radius 1 is 1.12 bits per heavy atom. The first-order valence-corrected chi connectivity index (χ1v) is 5.07. The van der Waals surface area contributed by atoms with E-state index in [1.165, 1.54) is 6.92 Å². The lowest BCUT2D eigenvalue weighted by Crippen LogP contribution is -2.40. The molecule has 2 rings (SSSR count). The third-order valence-electron chi connectivity index (χ3n) is 2.27. The van der Waals surface area contributed by atoms with E-state index in [4.69, 9.17) is 21.1 Å². The van der Waals surface area contributed by atoms with E-state index >= 15 is 0 Å². The second kappa shape index (κ2) is 3.79. The maximum Gasteiger partial charge on any atom is 0.320 e. The zero-order valence-corrected chi connectivity index (χ0v) is 9.28. The van der Waals surface area contributed by atoms with Gasteiger partial charge in [0.1, 0.15) is 6.42 Å². The monoisotopic (exact) mass is 240 g/mol. The van der Waals surface area contributed by atoms with Gasteiger partial charge in [-0.2, -0.15) is 0 Å². The van der Waals surface area contributed by atoms with Crippen molar-refractivity contribution in [2.24, 2.45) is 0 Å². The van der Waals surface area contributed by atoms with Gasteiger partial charge < -0.3 is 9.47 Å². The van der Waals surface area contributed by atoms with Crippen LogP contribution in [0.15, 0.2) is 24.3 Å². The maximum absolute atomic E-state index is 11.2. The highest BCUT2D eigenvalue weighted by molar-refractivity contribution is 6.30. The van der Waals surface area contributed by atoms with Crippen molar-refractivity contribution < 1.29 is 19.1 Å². The molecule has 1 fully saturated rings. The zero-order chi connectivity index (χ0) is 11.8. The Hall–Kier alpha value is -1.55. The molecule has 1 heterocycles. The van der Waals surface area contributed by atoms with Crippen molar-refractivity contribution >= 4 is 23.5 Å². The molecular formula is C11H9ClO4. The minimum atomic E-state index is -1.35. The van der Waals surface area contributed by atoms with Crippen LogP contribution in [-0.2, 0) is 24.8 Å². The first-order valence-electron chi connectivity index (χ1n) is 4.69. The molecule has 0 aromatic heterocycles. The van der Waals surface area contributed by atoms with Crippen LogP contribution in [-0.4, -0.2) is 11.9 Å². The lowest BCUT2D eigenvalue weighted by Gasteiger charge is -2.32. The number of rotatable bonds is 1. The molecule has 5 heteroatoms. The molecule has 0 atom stereocenters. The summed E-state index contributed by atoms with van der Waals surface area (Å²) >= 11 is 5.74. The highest BCUT2D eigenvalue weighted by Gasteiger charge is 2.40. The molecule has 0 bridgehead atoms. The third kappa shape index (κ3) is 2.02. The predicted octanol–water partition coefficient (Wildman–Crippen LogP) is 2.00. The third-order valence-corrected chi connectivity index (χ3v) is 2.53. The van der Waals surface area contributed by atoms with Crippen molar-refractivity contribution in [3.63, 3.8) is 0 Å². The van der Waals surface area contributed by atoms with E-state index in [-0.39, 0.29) is 6.42 Å².